The van der Waals surface area contributed by atoms with Gasteiger partial charge in [0.25, 0.3) is 0 Å². The molecule has 0 aromatic heterocycles. The Morgan fingerprint density at radius 1 is 1.29 bits per heavy atom. The van der Waals surface area contributed by atoms with E-state index < -0.39 is 0 Å². The van der Waals surface area contributed by atoms with Crippen molar-refractivity contribution in [3.05, 3.63) is 28.2 Å². The zero-order valence-corrected chi connectivity index (χ0v) is 13.6. The predicted molar refractivity (Wildman–Crippen MR) is 86.9 cm³/mol. The Labute approximate surface area is 134 Å². The first-order chi connectivity index (χ1) is 10.3. The molecule has 0 amide bonds. The third-order valence-electron chi connectivity index (χ3n) is 5.60. The second-order valence-corrected chi connectivity index (χ2v) is 7.56. The zero-order valence-electron chi connectivity index (χ0n) is 12.0. The number of terminal acetylenes is 1. The van der Waals surface area contributed by atoms with Crippen LogP contribution in [0.1, 0.15) is 24.8 Å². The standard InChI is InChI=1S/C18H20BrNO/c1-2-7-21-15-6-5-14(19)9-13(15)10-20-18-16-11-3-4-12(8-11)17(16)18/h1,5-6,9,11-12,16-18,20H,3-4,7-8,10H2. The van der Waals surface area contributed by atoms with Crippen LogP contribution in [-0.4, -0.2) is 12.6 Å². The molecule has 3 heteroatoms. The van der Waals surface area contributed by atoms with Crippen molar-refractivity contribution in [1.29, 1.82) is 0 Å². The highest BCUT2D eigenvalue weighted by Gasteiger charge is 2.64. The minimum absolute atomic E-state index is 0.327. The van der Waals surface area contributed by atoms with Gasteiger partial charge in [-0.05, 0) is 61.1 Å². The molecule has 0 aliphatic heterocycles. The Morgan fingerprint density at radius 3 is 2.76 bits per heavy atom. The Morgan fingerprint density at radius 2 is 2.05 bits per heavy atom. The number of fused-ring (bicyclic) bond motifs is 5. The van der Waals surface area contributed by atoms with Crippen molar-refractivity contribution in [3.63, 3.8) is 0 Å². The number of hydrogen-bond donors (Lipinski definition) is 1. The van der Waals surface area contributed by atoms with Gasteiger partial charge in [0, 0.05) is 22.6 Å². The molecule has 3 saturated carbocycles. The van der Waals surface area contributed by atoms with Crippen LogP contribution in [0.25, 0.3) is 0 Å². The van der Waals surface area contributed by atoms with Crippen LogP contribution in [0, 0.1) is 36.0 Å². The minimum atomic E-state index is 0.327. The molecule has 0 spiro atoms. The third kappa shape index (κ3) is 2.39. The van der Waals surface area contributed by atoms with E-state index in [9.17, 15) is 0 Å². The first-order valence-electron chi connectivity index (χ1n) is 7.86. The summed E-state index contributed by atoms with van der Waals surface area (Å²) < 4.78 is 6.73. The van der Waals surface area contributed by atoms with E-state index in [1.807, 2.05) is 12.1 Å². The summed E-state index contributed by atoms with van der Waals surface area (Å²) in [4.78, 5) is 0. The van der Waals surface area contributed by atoms with Crippen molar-refractivity contribution in [1.82, 2.24) is 5.32 Å². The smallest absolute Gasteiger partial charge is 0.148 e. The highest BCUT2D eigenvalue weighted by atomic mass is 79.9. The van der Waals surface area contributed by atoms with Crippen molar-refractivity contribution >= 4 is 15.9 Å². The van der Waals surface area contributed by atoms with Crippen molar-refractivity contribution < 1.29 is 4.74 Å². The molecule has 4 atom stereocenters. The van der Waals surface area contributed by atoms with Crippen LogP contribution in [0.4, 0.5) is 0 Å². The van der Waals surface area contributed by atoms with E-state index in [0.717, 1.165) is 46.5 Å². The third-order valence-corrected chi connectivity index (χ3v) is 6.09. The van der Waals surface area contributed by atoms with Gasteiger partial charge in [-0.25, -0.2) is 0 Å². The summed E-state index contributed by atoms with van der Waals surface area (Å²) >= 11 is 3.54. The van der Waals surface area contributed by atoms with Gasteiger partial charge in [-0.1, -0.05) is 21.9 Å². The zero-order chi connectivity index (χ0) is 14.4. The molecule has 1 aromatic carbocycles. The van der Waals surface area contributed by atoms with E-state index in [4.69, 9.17) is 11.2 Å². The van der Waals surface area contributed by atoms with Gasteiger partial charge in [0.15, 0.2) is 0 Å². The molecule has 1 aromatic rings. The summed E-state index contributed by atoms with van der Waals surface area (Å²) in [7, 11) is 0. The Hall–Kier alpha value is -0.980. The average Bonchev–Trinajstić information content (AvgIpc) is 2.87. The number of benzene rings is 1. The monoisotopic (exact) mass is 345 g/mol. The van der Waals surface area contributed by atoms with Crippen molar-refractivity contribution in [3.8, 4) is 18.1 Å². The summed E-state index contributed by atoms with van der Waals surface area (Å²) in [6.45, 7) is 1.20. The SMILES string of the molecule is C#CCOc1ccc(Br)cc1CNC1C2C3CCC(C3)C12. The molecule has 2 nitrogen and oxygen atoms in total. The van der Waals surface area contributed by atoms with Crippen LogP contribution in [0.2, 0.25) is 0 Å². The molecule has 2 bridgehead atoms. The van der Waals surface area contributed by atoms with Gasteiger partial charge in [-0.15, -0.1) is 6.42 Å². The number of hydrogen-bond acceptors (Lipinski definition) is 2. The lowest BCUT2D eigenvalue weighted by atomic mass is 10.0. The molecular weight excluding hydrogens is 326 g/mol. The molecule has 3 aliphatic carbocycles. The van der Waals surface area contributed by atoms with Gasteiger partial charge in [-0.2, -0.15) is 0 Å². The fourth-order valence-corrected chi connectivity index (χ4v) is 5.18. The first-order valence-corrected chi connectivity index (χ1v) is 8.65. The minimum Gasteiger partial charge on any atom is -0.481 e. The molecule has 4 rings (SSSR count). The maximum absolute atomic E-state index is 5.65. The lowest BCUT2D eigenvalue weighted by Crippen LogP contribution is -2.22. The van der Waals surface area contributed by atoms with E-state index in [0.29, 0.717) is 6.61 Å². The van der Waals surface area contributed by atoms with E-state index in [1.165, 1.54) is 24.8 Å². The number of ether oxygens (including phenoxy) is 1. The molecule has 0 heterocycles. The van der Waals surface area contributed by atoms with Crippen LogP contribution in [0.3, 0.4) is 0 Å². The highest BCUT2D eigenvalue weighted by molar-refractivity contribution is 9.10. The van der Waals surface area contributed by atoms with Gasteiger partial charge in [0.05, 0.1) is 0 Å². The fraction of sp³-hybridized carbons (Fsp3) is 0.556. The molecule has 1 N–H and O–H groups in total. The summed E-state index contributed by atoms with van der Waals surface area (Å²) in [5.41, 5.74) is 1.19. The van der Waals surface area contributed by atoms with E-state index in [1.54, 1.807) is 0 Å². The maximum Gasteiger partial charge on any atom is 0.148 e. The topological polar surface area (TPSA) is 21.3 Å². The van der Waals surface area contributed by atoms with Gasteiger partial charge in [0.2, 0.25) is 0 Å². The van der Waals surface area contributed by atoms with Gasteiger partial charge in [-0.3, -0.25) is 0 Å². The quantitative estimate of drug-likeness (QED) is 0.823. The van der Waals surface area contributed by atoms with E-state index in [-0.39, 0.29) is 0 Å². The van der Waals surface area contributed by atoms with Gasteiger partial charge in [0.1, 0.15) is 12.4 Å². The summed E-state index contributed by atoms with van der Waals surface area (Å²) in [5, 5.41) is 3.77. The molecule has 3 fully saturated rings. The van der Waals surface area contributed by atoms with Crippen LogP contribution >= 0.6 is 15.9 Å². The van der Waals surface area contributed by atoms with E-state index in [2.05, 4.69) is 33.2 Å². The van der Waals surface area contributed by atoms with Crippen LogP contribution in [0.5, 0.6) is 5.75 Å². The van der Waals surface area contributed by atoms with Gasteiger partial charge >= 0.3 is 0 Å². The molecule has 0 saturated heterocycles. The summed E-state index contributed by atoms with van der Waals surface area (Å²) in [6, 6.07) is 6.87. The normalized spacial score (nSPS) is 35.3. The average molecular weight is 346 g/mol. The van der Waals surface area contributed by atoms with Gasteiger partial charge < -0.3 is 10.1 Å². The van der Waals surface area contributed by atoms with Crippen LogP contribution in [-0.2, 0) is 6.54 Å². The number of halogens is 1. The van der Waals surface area contributed by atoms with Crippen LogP contribution in [0.15, 0.2) is 22.7 Å². The molecule has 0 radical (unpaired) electrons. The molecule has 110 valence electrons. The Bertz CT molecular complexity index is 577. The second kappa shape index (κ2) is 5.34. The predicted octanol–water partition coefficient (Wildman–Crippen LogP) is 3.60. The molecular formula is C18H20BrNO. The summed E-state index contributed by atoms with van der Waals surface area (Å²) in [6.07, 6.45) is 9.73. The van der Waals surface area contributed by atoms with Crippen LogP contribution < -0.4 is 10.1 Å². The van der Waals surface area contributed by atoms with Crippen molar-refractivity contribution in [2.75, 3.05) is 6.61 Å². The van der Waals surface area contributed by atoms with E-state index >= 15 is 0 Å². The summed E-state index contributed by atoms with van der Waals surface area (Å²) in [5.74, 6) is 7.38. The molecule has 4 unspecified atom stereocenters. The fourth-order valence-electron chi connectivity index (χ4n) is 4.77. The Kier molecular flexibility index (Phi) is 3.47. The molecule has 21 heavy (non-hydrogen) atoms. The molecule has 3 aliphatic rings. The Balaban J connectivity index is 1.41. The highest BCUT2D eigenvalue weighted by Crippen LogP contribution is 2.65. The largest absolute Gasteiger partial charge is 0.481 e. The maximum atomic E-state index is 5.65. The van der Waals surface area contributed by atoms with Crippen molar-refractivity contribution in [2.24, 2.45) is 23.7 Å². The van der Waals surface area contributed by atoms with Crippen molar-refractivity contribution in [2.45, 2.75) is 31.8 Å². The first kappa shape index (κ1) is 13.7. The lowest BCUT2D eigenvalue weighted by Gasteiger charge is -2.13. The number of rotatable bonds is 5. The second-order valence-electron chi connectivity index (χ2n) is 6.64. The number of nitrogens with one attached hydrogen (secondary N) is 1. The lowest BCUT2D eigenvalue weighted by molar-refractivity contribution is 0.363.